The van der Waals surface area contributed by atoms with Crippen molar-refractivity contribution in [2.75, 3.05) is 5.75 Å². The molecule has 0 aliphatic rings. The van der Waals surface area contributed by atoms with E-state index in [9.17, 15) is 9.00 Å². The van der Waals surface area contributed by atoms with Gasteiger partial charge in [0.15, 0.2) is 0 Å². The summed E-state index contributed by atoms with van der Waals surface area (Å²) in [5.74, 6) is 0.649. The number of hydrogen-bond acceptors (Lipinski definition) is 3. The number of carbonyl (C=O) groups is 1. The molecule has 4 N–H and O–H groups in total. The molecule has 0 heterocycles. The Balaban J connectivity index is 2.51. The maximum Gasteiger partial charge on any atom is 0.248 e. The average Bonchev–Trinajstić information content (AvgIpc) is 2.27. The minimum absolute atomic E-state index is 0.0798. The highest BCUT2D eigenvalue weighted by atomic mass is 32.2. The summed E-state index contributed by atoms with van der Waals surface area (Å²) in [7, 11) is -0.905. The fourth-order valence-electron chi connectivity index (χ4n) is 1.34. The molecule has 2 unspecified atom stereocenters. The van der Waals surface area contributed by atoms with Crippen LogP contribution in [0.5, 0.6) is 0 Å². The number of nitrogens with two attached hydrogens (primary N) is 2. The van der Waals surface area contributed by atoms with Crippen LogP contribution >= 0.6 is 0 Å². The summed E-state index contributed by atoms with van der Waals surface area (Å²) in [6, 6.07) is 6.95. The van der Waals surface area contributed by atoms with Gasteiger partial charge < -0.3 is 11.5 Å². The van der Waals surface area contributed by atoms with Gasteiger partial charge in [0.25, 0.3) is 0 Å². The third kappa shape index (κ3) is 5.10. The summed E-state index contributed by atoms with van der Waals surface area (Å²) in [6.07, 6.45) is 0.756. The van der Waals surface area contributed by atoms with Crippen LogP contribution in [0.2, 0.25) is 0 Å². The highest BCUT2D eigenvalue weighted by Crippen LogP contribution is 2.07. The monoisotopic (exact) mass is 254 g/mol. The standard InChI is InChI=1S/C12H18N2O2S/c1-9(13)6-7-17(16)8-10-2-4-11(5-3-10)12(14)15/h2-5,9H,6-8,13H2,1H3,(H2,14,15). The van der Waals surface area contributed by atoms with Crippen molar-refractivity contribution in [3.8, 4) is 0 Å². The third-order valence-corrected chi connectivity index (χ3v) is 3.71. The molecule has 94 valence electrons. The van der Waals surface area contributed by atoms with E-state index in [2.05, 4.69) is 0 Å². The lowest BCUT2D eigenvalue weighted by Crippen LogP contribution is -2.18. The van der Waals surface area contributed by atoms with Crippen LogP contribution in [0.3, 0.4) is 0 Å². The first-order valence-electron chi connectivity index (χ1n) is 5.48. The molecule has 0 bridgehead atoms. The molecule has 0 aliphatic heterocycles. The van der Waals surface area contributed by atoms with Crippen molar-refractivity contribution >= 4 is 16.7 Å². The summed E-state index contributed by atoms with van der Waals surface area (Å²) < 4.78 is 11.7. The zero-order valence-corrected chi connectivity index (χ0v) is 10.7. The van der Waals surface area contributed by atoms with Crippen molar-refractivity contribution in [1.82, 2.24) is 0 Å². The Labute approximate surface area is 104 Å². The minimum Gasteiger partial charge on any atom is -0.366 e. The van der Waals surface area contributed by atoms with Crippen LogP contribution in [-0.4, -0.2) is 21.9 Å². The molecular formula is C12H18N2O2S. The van der Waals surface area contributed by atoms with Gasteiger partial charge in [0.1, 0.15) is 0 Å². The highest BCUT2D eigenvalue weighted by Gasteiger charge is 2.05. The van der Waals surface area contributed by atoms with Gasteiger partial charge in [-0.15, -0.1) is 0 Å². The van der Waals surface area contributed by atoms with Crippen LogP contribution in [0.25, 0.3) is 0 Å². The summed E-state index contributed by atoms with van der Waals surface area (Å²) >= 11 is 0. The first-order chi connectivity index (χ1) is 7.99. The molecule has 4 nitrogen and oxygen atoms in total. The van der Waals surface area contributed by atoms with E-state index < -0.39 is 16.7 Å². The number of rotatable bonds is 6. The molecule has 0 aliphatic carbocycles. The molecular weight excluding hydrogens is 236 g/mol. The summed E-state index contributed by atoms with van der Waals surface area (Å²) in [5, 5.41) is 0. The maximum absolute atomic E-state index is 11.7. The first-order valence-corrected chi connectivity index (χ1v) is 6.97. The summed E-state index contributed by atoms with van der Waals surface area (Å²) in [4.78, 5) is 10.9. The van der Waals surface area contributed by atoms with E-state index in [-0.39, 0.29) is 6.04 Å². The van der Waals surface area contributed by atoms with E-state index >= 15 is 0 Å². The Morgan fingerprint density at radius 1 is 1.35 bits per heavy atom. The SMILES string of the molecule is CC(N)CCS(=O)Cc1ccc(C(N)=O)cc1. The Bertz CT molecular complexity index is 401. The molecule has 1 amide bonds. The van der Waals surface area contributed by atoms with Crippen LogP contribution in [0, 0.1) is 0 Å². The Morgan fingerprint density at radius 3 is 2.41 bits per heavy atom. The second-order valence-corrected chi connectivity index (χ2v) is 5.69. The summed E-state index contributed by atoms with van der Waals surface area (Å²) in [5.41, 5.74) is 12.1. The van der Waals surface area contributed by atoms with Crippen LogP contribution in [0.4, 0.5) is 0 Å². The van der Waals surface area contributed by atoms with Crippen LogP contribution in [-0.2, 0) is 16.6 Å². The van der Waals surface area contributed by atoms with E-state index in [4.69, 9.17) is 11.5 Å². The van der Waals surface area contributed by atoms with Crippen LogP contribution < -0.4 is 11.5 Å². The first kappa shape index (κ1) is 13.9. The number of amides is 1. The molecule has 1 aromatic rings. The molecule has 2 atom stereocenters. The zero-order valence-electron chi connectivity index (χ0n) is 9.89. The van der Waals surface area contributed by atoms with E-state index in [0.717, 1.165) is 12.0 Å². The Hall–Kier alpha value is -1.20. The number of carbonyl (C=O) groups excluding carboxylic acids is 1. The van der Waals surface area contributed by atoms with Crippen molar-refractivity contribution in [3.05, 3.63) is 35.4 Å². The summed E-state index contributed by atoms with van der Waals surface area (Å²) in [6.45, 7) is 1.90. The van der Waals surface area contributed by atoms with Crippen LogP contribution in [0.15, 0.2) is 24.3 Å². The number of primary amides is 1. The van der Waals surface area contributed by atoms with Gasteiger partial charge >= 0.3 is 0 Å². The molecule has 0 radical (unpaired) electrons. The van der Waals surface area contributed by atoms with E-state index in [1.54, 1.807) is 24.3 Å². The van der Waals surface area contributed by atoms with Gasteiger partial charge in [0, 0.05) is 33.9 Å². The van der Waals surface area contributed by atoms with Gasteiger partial charge in [-0.2, -0.15) is 0 Å². The molecule has 0 saturated heterocycles. The second-order valence-electron chi connectivity index (χ2n) is 4.12. The lowest BCUT2D eigenvalue weighted by atomic mass is 10.1. The molecule has 0 aromatic heterocycles. The van der Waals surface area contributed by atoms with Gasteiger partial charge in [0.05, 0.1) is 0 Å². The molecule has 1 rings (SSSR count). The maximum atomic E-state index is 11.7. The van der Waals surface area contributed by atoms with Gasteiger partial charge in [-0.1, -0.05) is 12.1 Å². The van der Waals surface area contributed by atoms with Crippen molar-refractivity contribution in [2.45, 2.75) is 25.1 Å². The van der Waals surface area contributed by atoms with E-state index in [1.807, 2.05) is 6.92 Å². The molecule has 0 saturated carbocycles. The second kappa shape index (κ2) is 6.51. The smallest absolute Gasteiger partial charge is 0.248 e. The van der Waals surface area contributed by atoms with E-state index in [1.165, 1.54) is 0 Å². The lowest BCUT2D eigenvalue weighted by Gasteiger charge is -2.05. The number of benzene rings is 1. The Morgan fingerprint density at radius 2 is 1.94 bits per heavy atom. The molecule has 0 spiro atoms. The molecule has 17 heavy (non-hydrogen) atoms. The fraction of sp³-hybridized carbons (Fsp3) is 0.417. The topological polar surface area (TPSA) is 86.2 Å². The van der Waals surface area contributed by atoms with E-state index in [0.29, 0.717) is 17.1 Å². The van der Waals surface area contributed by atoms with Gasteiger partial charge in [0.2, 0.25) is 5.91 Å². The van der Waals surface area contributed by atoms with Crippen molar-refractivity contribution in [2.24, 2.45) is 11.5 Å². The largest absolute Gasteiger partial charge is 0.366 e. The lowest BCUT2D eigenvalue weighted by molar-refractivity contribution is 0.100. The molecule has 0 fully saturated rings. The quantitative estimate of drug-likeness (QED) is 0.786. The zero-order chi connectivity index (χ0) is 12.8. The minimum atomic E-state index is -0.905. The van der Waals surface area contributed by atoms with Crippen molar-refractivity contribution < 1.29 is 9.00 Å². The van der Waals surface area contributed by atoms with Gasteiger partial charge in [-0.3, -0.25) is 9.00 Å². The molecule has 5 heteroatoms. The Kier molecular flexibility index (Phi) is 5.31. The fourth-order valence-corrected chi connectivity index (χ4v) is 2.68. The predicted octanol–water partition coefficient (Wildman–Crippen LogP) is 0.771. The number of hydrogen-bond donors (Lipinski definition) is 2. The van der Waals surface area contributed by atoms with Crippen molar-refractivity contribution in [1.29, 1.82) is 0 Å². The third-order valence-electron chi connectivity index (χ3n) is 2.37. The average molecular weight is 254 g/mol. The van der Waals surface area contributed by atoms with Crippen molar-refractivity contribution in [3.63, 3.8) is 0 Å². The highest BCUT2D eigenvalue weighted by molar-refractivity contribution is 7.84. The predicted molar refractivity (Wildman–Crippen MR) is 69.9 cm³/mol. The van der Waals surface area contributed by atoms with Gasteiger partial charge in [-0.05, 0) is 31.0 Å². The molecule has 1 aromatic carbocycles. The van der Waals surface area contributed by atoms with Gasteiger partial charge in [-0.25, -0.2) is 0 Å². The van der Waals surface area contributed by atoms with Crippen LogP contribution in [0.1, 0.15) is 29.3 Å². The normalized spacial score (nSPS) is 14.2.